The van der Waals surface area contributed by atoms with Crippen molar-refractivity contribution >= 4 is 40.1 Å². The summed E-state index contributed by atoms with van der Waals surface area (Å²) in [6.45, 7) is 13.5. The molecule has 2 aromatic carbocycles. The number of nitrogens with one attached hydrogen (secondary N) is 1. The number of carboxylic acids is 1. The molecule has 0 bridgehead atoms. The standard InChI is InChI=1S/C49H68ClN5O10/c1-52-15-19-54(20-16-52)39-8-11-42-45(36-39)65-46-37-40(55-21-17-53(2)18-22-55)9-12-43(46)47(42)44-35-38(7-10-41(44)49(57)58)48(56)51-14-24-60-26-28-62-30-32-64-34-33-63-31-29-61-27-25-59-23-6-4-3-5-13-50/h7-12,35-37H,3-6,13-34H2,1-2H3,(H-,51,56,57,58)/p+1. The largest absolute Gasteiger partial charge is 0.478 e. The van der Waals surface area contributed by atoms with Crippen LogP contribution in [0.3, 0.4) is 0 Å². The number of halogens is 1. The second-order valence-corrected chi connectivity index (χ2v) is 16.9. The first kappa shape index (κ1) is 50.3. The third-order valence-corrected chi connectivity index (χ3v) is 12.0. The van der Waals surface area contributed by atoms with Crippen molar-refractivity contribution in [3.05, 3.63) is 71.1 Å². The maximum absolute atomic E-state index is 13.5. The lowest BCUT2D eigenvalue weighted by Gasteiger charge is -2.34. The van der Waals surface area contributed by atoms with Gasteiger partial charge in [0.05, 0.1) is 97.4 Å². The Bertz CT molecular complexity index is 2120. The Balaban J connectivity index is 0.968. The van der Waals surface area contributed by atoms with E-state index in [9.17, 15) is 14.7 Å². The first-order valence-electron chi connectivity index (χ1n) is 23.2. The summed E-state index contributed by atoms with van der Waals surface area (Å²) in [4.78, 5) is 33.3. The molecule has 15 nitrogen and oxygen atoms in total. The number of unbranched alkanes of at least 4 members (excludes halogenated alkanes) is 3. The molecule has 1 amide bonds. The van der Waals surface area contributed by atoms with Crippen LogP contribution in [0, 0.1) is 0 Å². The summed E-state index contributed by atoms with van der Waals surface area (Å²) in [5.74, 6) is -0.0283. The lowest BCUT2D eigenvalue weighted by molar-refractivity contribution is -0.0166. The molecule has 0 atom stereocenters. The van der Waals surface area contributed by atoms with Crippen LogP contribution in [-0.4, -0.2) is 185 Å². The predicted octanol–water partition coefficient (Wildman–Crippen LogP) is 5.00. The molecule has 2 saturated heterocycles. The van der Waals surface area contributed by atoms with Crippen LogP contribution < -0.4 is 20.1 Å². The van der Waals surface area contributed by atoms with Crippen molar-refractivity contribution in [2.45, 2.75) is 25.7 Å². The molecule has 0 saturated carbocycles. The molecule has 356 valence electrons. The van der Waals surface area contributed by atoms with Crippen molar-refractivity contribution in [3.8, 4) is 22.5 Å². The molecule has 4 aliphatic rings. The molecule has 0 spiro atoms. The van der Waals surface area contributed by atoms with Crippen molar-refractivity contribution in [1.29, 1.82) is 0 Å². The zero-order valence-corrected chi connectivity index (χ0v) is 39.1. The Kier molecular flexibility index (Phi) is 21.2. The molecule has 1 aliphatic carbocycles. The smallest absolute Gasteiger partial charge is 0.336 e. The van der Waals surface area contributed by atoms with Gasteiger partial charge in [-0.05, 0) is 68.9 Å². The first-order chi connectivity index (χ1) is 31.8. The summed E-state index contributed by atoms with van der Waals surface area (Å²) in [7, 11) is 4.27. The molecule has 2 N–H and O–H groups in total. The minimum Gasteiger partial charge on any atom is -0.478 e. The number of benzene rings is 3. The molecule has 3 aliphatic heterocycles. The van der Waals surface area contributed by atoms with Crippen LogP contribution in [0.1, 0.15) is 46.4 Å². The fourth-order valence-corrected chi connectivity index (χ4v) is 8.14. The minimum absolute atomic E-state index is 0.0995. The lowest BCUT2D eigenvalue weighted by Crippen LogP contribution is -2.46. The maximum atomic E-state index is 13.5. The number of carboxylic acid groups (broad SMARTS) is 1. The highest BCUT2D eigenvalue weighted by atomic mass is 35.5. The second kappa shape index (κ2) is 27.5. The third kappa shape index (κ3) is 15.7. The normalized spacial score (nSPS) is 15.1. The van der Waals surface area contributed by atoms with Gasteiger partial charge in [0, 0.05) is 85.1 Å². The van der Waals surface area contributed by atoms with E-state index in [1.54, 1.807) is 12.1 Å². The topological polar surface area (TPSA) is 148 Å². The summed E-state index contributed by atoms with van der Waals surface area (Å²) in [6, 6.07) is 17.1. The number of piperazine rings is 2. The third-order valence-electron chi connectivity index (χ3n) is 11.8. The number of hydrogen-bond acceptors (Lipinski definition) is 12. The summed E-state index contributed by atoms with van der Waals surface area (Å²) < 4.78 is 42.5. The molecule has 0 aromatic heterocycles. The number of alkyl halides is 1. The minimum atomic E-state index is -1.08. The number of aromatic carboxylic acids is 1. The van der Waals surface area contributed by atoms with Gasteiger partial charge in [0.15, 0.2) is 13.1 Å². The van der Waals surface area contributed by atoms with E-state index in [1.807, 2.05) is 12.1 Å². The lowest BCUT2D eigenvalue weighted by atomic mass is 9.89. The highest BCUT2D eigenvalue weighted by Crippen LogP contribution is 2.42. The maximum Gasteiger partial charge on any atom is 0.336 e. The van der Waals surface area contributed by atoms with E-state index in [2.05, 4.69) is 63.0 Å². The zero-order valence-electron chi connectivity index (χ0n) is 38.4. The number of ether oxygens (including phenoxy) is 6. The number of amides is 1. The number of nitrogens with zero attached hydrogens (tertiary/aromatic N) is 4. The Morgan fingerprint density at radius 3 is 1.89 bits per heavy atom. The number of rotatable bonds is 28. The molecule has 0 radical (unpaired) electrons. The van der Waals surface area contributed by atoms with Gasteiger partial charge in [0.2, 0.25) is 5.36 Å². The SMILES string of the molecule is CN1CCN(c2ccc3c(-c4cc(C(=O)NCCOCCOCCOCCOCCOCCOCCCCCCCl)ccc4C(=O)O)c4ccc(=[N+]5CCN(C)CC5)cc-4oc3c2)CC1. The van der Waals surface area contributed by atoms with E-state index >= 15 is 0 Å². The molecular weight excluding hydrogens is 854 g/mol. The van der Waals surface area contributed by atoms with Crippen LogP contribution in [0.4, 0.5) is 5.69 Å². The monoisotopic (exact) mass is 922 g/mol. The Labute approximate surface area is 388 Å². The molecule has 16 heteroatoms. The van der Waals surface area contributed by atoms with Gasteiger partial charge in [-0.1, -0.05) is 12.8 Å². The second-order valence-electron chi connectivity index (χ2n) is 16.5. The van der Waals surface area contributed by atoms with Crippen molar-refractivity contribution in [2.24, 2.45) is 0 Å². The zero-order chi connectivity index (χ0) is 45.6. The fraction of sp³-hybridized carbons (Fsp3) is 0.571. The molecule has 3 heterocycles. The van der Waals surface area contributed by atoms with Gasteiger partial charge in [-0.2, -0.15) is 0 Å². The molecule has 2 fully saturated rings. The van der Waals surface area contributed by atoms with Crippen molar-refractivity contribution < 1.29 is 47.5 Å². The number of fused-ring (bicyclic) bond motifs is 2. The number of anilines is 1. The fourth-order valence-electron chi connectivity index (χ4n) is 7.95. The van der Waals surface area contributed by atoms with Crippen LogP contribution in [0.15, 0.2) is 59.0 Å². The summed E-state index contributed by atoms with van der Waals surface area (Å²) in [5.41, 5.74) is 4.08. The average molecular weight is 924 g/mol. The van der Waals surface area contributed by atoms with Gasteiger partial charge in [-0.15, -0.1) is 11.6 Å². The van der Waals surface area contributed by atoms with E-state index in [0.717, 1.165) is 113 Å². The van der Waals surface area contributed by atoms with Crippen LogP contribution in [0.25, 0.3) is 33.4 Å². The van der Waals surface area contributed by atoms with Crippen molar-refractivity contribution in [3.63, 3.8) is 0 Å². The molecular formula is C49H69ClN5O10+. The van der Waals surface area contributed by atoms with Crippen LogP contribution in [-0.2, 0) is 28.4 Å². The number of carbonyl (C=O) groups is 2. The summed E-state index contributed by atoms with van der Waals surface area (Å²) >= 11 is 5.69. The van der Waals surface area contributed by atoms with Gasteiger partial charge in [-0.25, -0.2) is 9.37 Å². The van der Waals surface area contributed by atoms with Crippen LogP contribution in [0.2, 0.25) is 0 Å². The molecule has 65 heavy (non-hydrogen) atoms. The van der Waals surface area contributed by atoms with E-state index in [-0.39, 0.29) is 24.6 Å². The van der Waals surface area contributed by atoms with E-state index in [4.69, 9.17) is 44.4 Å². The van der Waals surface area contributed by atoms with E-state index in [0.29, 0.717) is 94.1 Å². The van der Waals surface area contributed by atoms with E-state index < -0.39 is 5.97 Å². The Morgan fingerprint density at radius 2 is 1.26 bits per heavy atom. The van der Waals surface area contributed by atoms with Crippen LogP contribution in [0.5, 0.6) is 0 Å². The Hall–Kier alpha value is -4.16. The van der Waals surface area contributed by atoms with Gasteiger partial charge < -0.3 is 53.1 Å². The Morgan fingerprint density at radius 1 is 0.662 bits per heavy atom. The molecule has 6 rings (SSSR count). The van der Waals surface area contributed by atoms with Gasteiger partial charge in [0.1, 0.15) is 11.3 Å². The molecule has 0 unspecified atom stereocenters. The van der Waals surface area contributed by atoms with E-state index in [1.165, 1.54) is 6.07 Å². The highest BCUT2D eigenvalue weighted by Gasteiger charge is 2.25. The number of carbonyl (C=O) groups excluding carboxylic acids is 1. The van der Waals surface area contributed by atoms with Crippen LogP contribution >= 0.6 is 11.6 Å². The predicted molar refractivity (Wildman–Crippen MR) is 254 cm³/mol. The number of likely N-dealkylation sites (N-methyl/N-ethyl adjacent to an activating group) is 2. The van der Waals surface area contributed by atoms with Crippen molar-refractivity contribution in [2.75, 3.05) is 163 Å². The average Bonchev–Trinajstić information content (AvgIpc) is 3.32. The first-order valence-corrected chi connectivity index (χ1v) is 23.7. The summed E-state index contributed by atoms with van der Waals surface area (Å²) in [5, 5.41) is 15.2. The van der Waals surface area contributed by atoms with Gasteiger partial charge in [-0.3, -0.25) is 9.69 Å². The van der Waals surface area contributed by atoms with Gasteiger partial charge in [0.25, 0.3) is 5.91 Å². The quantitative estimate of drug-likeness (QED) is 0.0341. The summed E-state index contributed by atoms with van der Waals surface area (Å²) in [6.07, 6.45) is 4.42. The number of hydrogen-bond donors (Lipinski definition) is 2. The highest BCUT2D eigenvalue weighted by molar-refractivity contribution is 6.17. The van der Waals surface area contributed by atoms with Crippen molar-refractivity contribution in [1.82, 2.24) is 19.7 Å². The molecule has 2 aromatic rings. The van der Waals surface area contributed by atoms with Gasteiger partial charge >= 0.3 is 5.97 Å².